The number of ether oxygens (including phenoxy) is 1. The fraction of sp³-hybridized carbons (Fsp3) is 0.391. The van der Waals surface area contributed by atoms with Crippen LogP contribution in [0.5, 0.6) is 0 Å². The van der Waals surface area contributed by atoms with E-state index in [1.165, 1.54) is 12.1 Å². The third kappa shape index (κ3) is 6.03. The lowest BCUT2D eigenvalue weighted by Gasteiger charge is -2.19. The highest BCUT2D eigenvalue weighted by molar-refractivity contribution is 5.95. The number of carbonyl (C=O) groups excluding carboxylic acids is 2. The molecule has 160 valence electrons. The van der Waals surface area contributed by atoms with Gasteiger partial charge in [0.05, 0.1) is 5.60 Å². The molecule has 0 aromatic heterocycles. The fourth-order valence-corrected chi connectivity index (χ4v) is 3.17. The van der Waals surface area contributed by atoms with Crippen molar-refractivity contribution >= 4 is 17.6 Å². The monoisotopic (exact) mass is 413 g/mol. The van der Waals surface area contributed by atoms with Gasteiger partial charge in [-0.3, -0.25) is 4.79 Å². The summed E-state index contributed by atoms with van der Waals surface area (Å²) in [6, 6.07) is 11.0. The van der Waals surface area contributed by atoms with E-state index in [1.807, 2.05) is 20.8 Å². The SMILES string of the molecule is CC(C)(C)OCCCNC(=O)c1ccc(NC(=O)N2Cc3ccc(F)cc3C2)cc1. The summed E-state index contributed by atoms with van der Waals surface area (Å²) in [5, 5.41) is 5.68. The van der Waals surface area contributed by atoms with Gasteiger partial charge < -0.3 is 20.3 Å². The molecule has 2 aromatic rings. The smallest absolute Gasteiger partial charge is 0.322 e. The minimum atomic E-state index is -0.299. The Morgan fingerprint density at radius 1 is 1.07 bits per heavy atom. The Balaban J connectivity index is 1.45. The number of rotatable bonds is 6. The second-order valence-electron chi connectivity index (χ2n) is 8.35. The van der Waals surface area contributed by atoms with E-state index in [-0.39, 0.29) is 23.4 Å². The summed E-state index contributed by atoms with van der Waals surface area (Å²) in [4.78, 5) is 26.3. The van der Waals surface area contributed by atoms with Gasteiger partial charge in [0.2, 0.25) is 0 Å². The number of nitrogens with zero attached hydrogens (tertiary/aromatic N) is 1. The van der Waals surface area contributed by atoms with Crippen molar-refractivity contribution in [2.24, 2.45) is 0 Å². The van der Waals surface area contributed by atoms with Crippen LogP contribution in [-0.4, -0.2) is 35.6 Å². The van der Waals surface area contributed by atoms with E-state index in [9.17, 15) is 14.0 Å². The normalized spacial score (nSPS) is 13.1. The summed E-state index contributed by atoms with van der Waals surface area (Å²) in [6.07, 6.45) is 0.735. The molecule has 6 nitrogen and oxygen atoms in total. The summed E-state index contributed by atoms with van der Waals surface area (Å²) in [5.41, 5.74) is 2.71. The first-order chi connectivity index (χ1) is 14.2. The summed E-state index contributed by atoms with van der Waals surface area (Å²) in [5.74, 6) is -0.466. The highest BCUT2D eigenvalue weighted by Gasteiger charge is 2.23. The van der Waals surface area contributed by atoms with Crippen LogP contribution >= 0.6 is 0 Å². The summed E-state index contributed by atoms with van der Waals surface area (Å²) >= 11 is 0. The molecule has 3 rings (SSSR count). The highest BCUT2D eigenvalue weighted by Crippen LogP contribution is 2.24. The van der Waals surface area contributed by atoms with Crippen LogP contribution < -0.4 is 10.6 Å². The molecule has 1 aliphatic heterocycles. The zero-order chi connectivity index (χ0) is 21.7. The predicted octanol–water partition coefficient (Wildman–Crippen LogP) is 4.31. The lowest BCUT2D eigenvalue weighted by atomic mass is 10.1. The van der Waals surface area contributed by atoms with E-state index >= 15 is 0 Å². The van der Waals surface area contributed by atoms with Gasteiger partial charge in [-0.1, -0.05) is 6.07 Å². The maximum atomic E-state index is 13.3. The van der Waals surface area contributed by atoms with Crippen LogP contribution in [0.3, 0.4) is 0 Å². The van der Waals surface area contributed by atoms with Gasteiger partial charge in [-0.2, -0.15) is 0 Å². The minimum Gasteiger partial charge on any atom is -0.376 e. The molecule has 0 bridgehead atoms. The third-order valence-corrected chi connectivity index (χ3v) is 4.72. The number of fused-ring (bicyclic) bond motifs is 1. The molecule has 0 saturated heterocycles. The summed E-state index contributed by atoms with van der Waals surface area (Å²) < 4.78 is 19.0. The third-order valence-electron chi connectivity index (χ3n) is 4.72. The van der Waals surface area contributed by atoms with Crippen LogP contribution in [0.15, 0.2) is 42.5 Å². The molecule has 7 heteroatoms. The molecule has 3 amide bonds. The molecule has 30 heavy (non-hydrogen) atoms. The van der Waals surface area contributed by atoms with Crippen molar-refractivity contribution in [1.82, 2.24) is 10.2 Å². The predicted molar refractivity (Wildman–Crippen MR) is 114 cm³/mol. The molecule has 2 aromatic carbocycles. The van der Waals surface area contributed by atoms with Crippen LogP contribution in [0.1, 0.15) is 48.7 Å². The lowest BCUT2D eigenvalue weighted by molar-refractivity contribution is -0.00364. The van der Waals surface area contributed by atoms with Gasteiger partial charge in [-0.25, -0.2) is 9.18 Å². The van der Waals surface area contributed by atoms with Crippen molar-refractivity contribution < 1.29 is 18.7 Å². The van der Waals surface area contributed by atoms with Gasteiger partial charge in [0.1, 0.15) is 5.82 Å². The van der Waals surface area contributed by atoms with Crippen LogP contribution in [0.25, 0.3) is 0 Å². The molecule has 0 atom stereocenters. The average Bonchev–Trinajstić information content (AvgIpc) is 3.10. The Morgan fingerprint density at radius 2 is 1.77 bits per heavy atom. The van der Waals surface area contributed by atoms with Crippen LogP contribution in [0.4, 0.5) is 14.9 Å². The zero-order valence-corrected chi connectivity index (χ0v) is 17.6. The summed E-state index contributed by atoms with van der Waals surface area (Å²) in [6.45, 7) is 7.92. The second-order valence-corrected chi connectivity index (χ2v) is 8.35. The maximum Gasteiger partial charge on any atom is 0.322 e. The number of nitrogens with one attached hydrogen (secondary N) is 2. The van der Waals surface area contributed by atoms with Gasteiger partial charge in [0.25, 0.3) is 5.91 Å². The van der Waals surface area contributed by atoms with Crippen molar-refractivity contribution in [3.63, 3.8) is 0 Å². The standard InChI is InChI=1S/C23H28FN3O3/c1-23(2,3)30-12-4-11-25-21(28)16-6-9-20(10-7-16)26-22(29)27-14-17-5-8-19(24)13-18(17)15-27/h5-10,13H,4,11-12,14-15H2,1-3H3,(H,25,28)(H,26,29). The van der Waals surface area contributed by atoms with Gasteiger partial charge >= 0.3 is 6.03 Å². The van der Waals surface area contributed by atoms with E-state index in [4.69, 9.17) is 4.74 Å². The number of hydrogen-bond donors (Lipinski definition) is 2. The van der Waals surface area contributed by atoms with Gasteiger partial charge in [0.15, 0.2) is 0 Å². The zero-order valence-electron chi connectivity index (χ0n) is 17.6. The molecule has 0 saturated carbocycles. The summed E-state index contributed by atoms with van der Waals surface area (Å²) in [7, 11) is 0. The Labute approximate surface area is 176 Å². The fourth-order valence-electron chi connectivity index (χ4n) is 3.17. The van der Waals surface area contributed by atoms with E-state index in [1.54, 1.807) is 35.2 Å². The van der Waals surface area contributed by atoms with E-state index < -0.39 is 0 Å². The van der Waals surface area contributed by atoms with Gasteiger partial charge in [-0.05, 0) is 74.7 Å². The molecule has 0 aliphatic carbocycles. The Hall–Kier alpha value is -2.93. The number of benzene rings is 2. The Morgan fingerprint density at radius 3 is 2.47 bits per heavy atom. The average molecular weight is 413 g/mol. The maximum absolute atomic E-state index is 13.3. The van der Waals surface area contributed by atoms with Crippen molar-refractivity contribution in [1.29, 1.82) is 0 Å². The highest BCUT2D eigenvalue weighted by atomic mass is 19.1. The van der Waals surface area contributed by atoms with Gasteiger partial charge in [0, 0.05) is 37.5 Å². The second kappa shape index (κ2) is 9.26. The van der Waals surface area contributed by atoms with Crippen molar-refractivity contribution in [2.45, 2.75) is 45.9 Å². The van der Waals surface area contributed by atoms with Crippen LogP contribution in [0, 0.1) is 5.82 Å². The largest absolute Gasteiger partial charge is 0.376 e. The lowest BCUT2D eigenvalue weighted by Crippen LogP contribution is -2.30. The number of urea groups is 1. The number of amides is 3. The number of hydrogen-bond acceptors (Lipinski definition) is 3. The van der Waals surface area contributed by atoms with Gasteiger partial charge in [-0.15, -0.1) is 0 Å². The topological polar surface area (TPSA) is 70.7 Å². The quantitative estimate of drug-likeness (QED) is 0.694. The van der Waals surface area contributed by atoms with Crippen LogP contribution in [-0.2, 0) is 17.8 Å². The van der Waals surface area contributed by atoms with Crippen molar-refractivity contribution in [3.05, 3.63) is 65.0 Å². The number of halogens is 1. The van der Waals surface area contributed by atoms with E-state index in [0.29, 0.717) is 37.5 Å². The van der Waals surface area contributed by atoms with Crippen LogP contribution in [0.2, 0.25) is 0 Å². The first-order valence-corrected chi connectivity index (χ1v) is 10.1. The molecule has 0 radical (unpaired) electrons. The first kappa shape index (κ1) is 21.8. The molecule has 0 fully saturated rings. The first-order valence-electron chi connectivity index (χ1n) is 10.1. The molecular formula is C23H28FN3O3. The minimum absolute atomic E-state index is 0.166. The number of carbonyl (C=O) groups is 2. The molecule has 0 unspecified atom stereocenters. The molecular weight excluding hydrogens is 385 g/mol. The molecule has 1 aliphatic rings. The van der Waals surface area contributed by atoms with E-state index in [2.05, 4.69) is 10.6 Å². The molecule has 2 N–H and O–H groups in total. The Kier molecular flexibility index (Phi) is 6.72. The molecule has 1 heterocycles. The van der Waals surface area contributed by atoms with Crippen molar-refractivity contribution in [2.75, 3.05) is 18.5 Å². The van der Waals surface area contributed by atoms with E-state index in [0.717, 1.165) is 17.5 Å². The van der Waals surface area contributed by atoms with Crippen molar-refractivity contribution in [3.8, 4) is 0 Å². The molecule has 0 spiro atoms. The Bertz CT molecular complexity index is 907. The number of anilines is 1.